The van der Waals surface area contributed by atoms with Crippen LogP contribution in [0.2, 0.25) is 0 Å². The monoisotopic (exact) mass is 643 g/mol. The first kappa shape index (κ1) is 37.5. The van der Waals surface area contributed by atoms with Gasteiger partial charge in [-0.15, -0.1) is 0 Å². The molecule has 0 radical (unpaired) electrons. The van der Waals surface area contributed by atoms with Gasteiger partial charge in [0, 0.05) is 6.54 Å². The molecular weight excluding hydrogens is 594 g/mol. The molecule has 44 heavy (non-hydrogen) atoms. The maximum Gasteiger partial charge on any atom is 0.187 e. The number of hydrogen-bond donors (Lipinski definition) is 9. The van der Waals surface area contributed by atoms with Gasteiger partial charge in [-0.25, -0.2) is 0 Å². The molecule has 0 bridgehead atoms. The zero-order valence-corrected chi connectivity index (χ0v) is 25.3. The van der Waals surface area contributed by atoms with Crippen LogP contribution in [0.5, 0.6) is 0 Å². The fraction of sp³-hybridized carbons (Fsp3) is 0.963. The van der Waals surface area contributed by atoms with Crippen LogP contribution in [0.3, 0.4) is 0 Å². The molecule has 0 saturated carbocycles. The SMILES string of the molecule is CCC(C)(OCCN)[C@H]1OC(CO)[C@@H](O)C(O[C@H]2OC(CO)[C@@H](O)C(O[C@H]3OC(C=O)[C@@H](O)C(O)C3OC(C)C)C2O)C1O. The number of aldehydes is 1. The van der Waals surface area contributed by atoms with Crippen molar-refractivity contribution >= 4 is 6.29 Å². The molecule has 0 amide bonds. The van der Waals surface area contributed by atoms with E-state index in [9.17, 15) is 45.6 Å². The van der Waals surface area contributed by atoms with Gasteiger partial charge < -0.3 is 84.5 Å². The molecule has 17 heteroatoms. The van der Waals surface area contributed by atoms with E-state index in [2.05, 4.69) is 0 Å². The highest BCUT2D eigenvalue weighted by atomic mass is 16.7. The molecule has 10 unspecified atom stereocenters. The smallest absolute Gasteiger partial charge is 0.187 e. The van der Waals surface area contributed by atoms with Crippen LogP contribution < -0.4 is 5.73 Å². The van der Waals surface area contributed by atoms with Crippen LogP contribution in [0.15, 0.2) is 0 Å². The lowest BCUT2D eigenvalue weighted by atomic mass is 9.84. The summed E-state index contributed by atoms with van der Waals surface area (Å²) in [6, 6.07) is 0. The molecule has 258 valence electrons. The Labute approximate surface area is 255 Å². The minimum Gasteiger partial charge on any atom is -0.394 e. The number of aliphatic hydroxyl groups excluding tert-OH is 8. The van der Waals surface area contributed by atoms with Crippen molar-refractivity contribution in [2.45, 2.75) is 138 Å². The number of carbonyl (C=O) groups is 1. The van der Waals surface area contributed by atoms with Crippen LogP contribution >= 0.6 is 0 Å². The van der Waals surface area contributed by atoms with Gasteiger partial charge in [-0.05, 0) is 27.2 Å². The van der Waals surface area contributed by atoms with Crippen LogP contribution in [-0.4, -0.2) is 177 Å². The van der Waals surface area contributed by atoms with E-state index in [-0.39, 0.29) is 19.4 Å². The number of aliphatic hydroxyl groups is 8. The van der Waals surface area contributed by atoms with Crippen molar-refractivity contribution in [3.63, 3.8) is 0 Å². The summed E-state index contributed by atoms with van der Waals surface area (Å²) < 4.78 is 40.1. The number of carbonyl (C=O) groups excluding carboxylic acids is 1. The Morgan fingerprint density at radius 1 is 0.795 bits per heavy atom. The normalized spacial score (nSPS) is 44.8. The van der Waals surface area contributed by atoms with Crippen molar-refractivity contribution in [3.8, 4) is 0 Å². The molecule has 0 aromatic carbocycles. The second-order valence-electron chi connectivity index (χ2n) is 11.7. The molecule has 3 fully saturated rings. The Balaban J connectivity index is 1.89. The lowest BCUT2D eigenvalue weighted by molar-refractivity contribution is -0.376. The summed E-state index contributed by atoms with van der Waals surface area (Å²) in [7, 11) is 0. The lowest BCUT2D eigenvalue weighted by Crippen LogP contribution is -2.68. The Kier molecular flexibility index (Phi) is 13.8. The standard InChI is InChI=1S/C27H49NO16/c1-5-27(4,38-7-6-28)24-19(36)21(16(33)13(9-30)40-24)43-25-20(37)22(17(34)14(10-31)41-25)44-26-23(39-11(2)3)18(35)15(32)12(8-29)42-26/h8,11-26,30-37H,5-7,9-10,28H2,1-4H3/t12?,13?,14?,15-,16-,17-,18?,19?,20?,21?,22?,23?,24+,25-,26-,27?/m1/s1. The van der Waals surface area contributed by atoms with E-state index in [1.807, 2.05) is 0 Å². The highest BCUT2D eigenvalue weighted by molar-refractivity contribution is 5.57. The van der Waals surface area contributed by atoms with E-state index >= 15 is 0 Å². The van der Waals surface area contributed by atoms with E-state index in [0.29, 0.717) is 6.42 Å². The molecule has 0 spiro atoms. The predicted octanol–water partition coefficient (Wildman–Crippen LogP) is -4.74. The van der Waals surface area contributed by atoms with E-state index in [1.165, 1.54) is 0 Å². The van der Waals surface area contributed by atoms with Crippen molar-refractivity contribution in [1.29, 1.82) is 0 Å². The average molecular weight is 644 g/mol. The summed E-state index contributed by atoms with van der Waals surface area (Å²) in [5.41, 5.74) is 4.45. The first-order chi connectivity index (χ1) is 20.8. The predicted molar refractivity (Wildman–Crippen MR) is 146 cm³/mol. The summed E-state index contributed by atoms with van der Waals surface area (Å²) in [5.74, 6) is 0. The van der Waals surface area contributed by atoms with Gasteiger partial charge in [0.1, 0.15) is 79.4 Å². The van der Waals surface area contributed by atoms with Crippen molar-refractivity contribution in [2.75, 3.05) is 26.4 Å². The Bertz CT molecular complexity index is 887. The molecule has 17 nitrogen and oxygen atoms in total. The second kappa shape index (κ2) is 16.2. The van der Waals surface area contributed by atoms with E-state index < -0.39 is 117 Å². The van der Waals surface area contributed by atoms with Crippen LogP contribution in [0.25, 0.3) is 0 Å². The van der Waals surface area contributed by atoms with E-state index in [1.54, 1.807) is 27.7 Å². The van der Waals surface area contributed by atoms with Gasteiger partial charge in [-0.3, -0.25) is 0 Å². The Hall–Kier alpha value is -0.970. The third-order valence-corrected chi connectivity index (χ3v) is 8.27. The summed E-state index contributed by atoms with van der Waals surface area (Å²) in [4.78, 5) is 11.5. The van der Waals surface area contributed by atoms with Crippen LogP contribution in [-0.2, 0) is 38.0 Å². The first-order valence-electron chi connectivity index (χ1n) is 14.8. The van der Waals surface area contributed by atoms with Gasteiger partial charge in [-0.1, -0.05) is 6.92 Å². The molecule has 3 saturated heterocycles. The van der Waals surface area contributed by atoms with E-state index in [4.69, 9.17) is 38.9 Å². The van der Waals surface area contributed by atoms with E-state index in [0.717, 1.165) is 0 Å². The molecule has 3 heterocycles. The maximum absolute atomic E-state index is 11.5. The molecule has 3 rings (SSSR count). The number of rotatable bonds is 14. The lowest BCUT2D eigenvalue weighted by Gasteiger charge is -2.50. The minimum atomic E-state index is -1.88. The van der Waals surface area contributed by atoms with Crippen molar-refractivity contribution in [3.05, 3.63) is 0 Å². The van der Waals surface area contributed by atoms with Crippen LogP contribution in [0.1, 0.15) is 34.1 Å². The van der Waals surface area contributed by atoms with Gasteiger partial charge >= 0.3 is 0 Å². The molecule has 0 aliphatic carbocycles. The zero-order valence-electron chi connectivity index (χ0n) is 25.3. The van der Waals surface area contributed by atoms with Crippen LogP contribution in [0.4, 0.5) is 0 Å². The Morgan fingerprint density at radius 3 is 1.89 bits per heavy atom. The van der Waals surface area contributed by atoms with Gasteiger partial charge in [-0.2, -0.15) is 0 Å². The number of hydrogen-bond acceptors (Lipinski definition) is 17. The van der Waals surface area contributed by atoms with Gasteiger partial charge in [0.25, 0.3) is 0 Å². The highest BCUT2D eigenvalue weighted by Gasteiger charge is 2.56. The zero-order chi connectivity index (χ0) is 32.9. The largest absolute Gasteiger partial charge is 0.394 e. The second-order valence-corrected chi connectivity index (χ2v) is 11.7. The average Bonchev–Trinajstić information content (AvgIpc) is 3.00. The molecule has 16 atom stereocenters. The third kappa shape index (κ3) is 7.93. The quantitative estimate of drug-likeness (QED) is 0.0804. The minimum absolute atomic E-state index is 0.121. The third-order valence-electron chi connectivity index (χ3n) is 8.27. The number of nitrogens with two attached hydrogens (primary N) is 1. The van der Waals surface area contributed by atoms with Crippen LogP contribution in [0, 0.1) is 0 Å². The number of ether oxygens (including phenoxy) is 7. The Morgan fingerprint density at radius 2 is 1.36 bits per heavy atom. The molecule has 3 aliphatic heterocycles. The summed E-state index contributed by atoms with van der Waals surface area (Å²) in [5, 5.41) is 85.3. The first-order valence-corrected chi connectivity index (χ1v) is 14.8. The van der Waals surface area contributed by atoms with Gasteiger partial charge in [0.15, 0.2) is 18.9 Å². The fourth-order valence-corrected chi connectivity index (χ4v) is 5.61. The topological polar surface area (TPSA) is 270 Å². The molecule has 3 aliphatic rings. The fourth-order valence-electron chi connectivity index (χ4n) is 5.61. The summed E-state index contributed by atoms with van der Waals surface area (Å²) >= 11 is 0. The summed E-state index contributed by atoms with van der Waals surface area (Å²) in [6.07, 6.45) is -23.4. The maximum atomic E-state index is 11.5. The van der Waals surface area contributed by atoms with Gasteiger partial charge in [0.05, 0.1) is 31.5 Å². The highest BCUT2D eigenvalue weighted by Crippen LogP contribution is 2.37. The van der Waals surface area contributed by atoms with Crippen molar-refractivity contribution in [2.24, 2.45) is 5.73 Å². The van der Waals surface area contributed by atoms with Crippen molar-refractivity contribution < 1.29 is 78.8 Å². The van der Waals surface area contributed by atoms with Crippen molar-refractivity contribution in [1.82, 2.24) is 0 Å². The summed E-state index contributed by atoms with van der Waals surface area (Å²) in [6.45, 7) is 5.55. The molecule has 0 aromatic heterocycles. The molecular formula is C27H49NO16. The van der Waals surface area contributed by atoms with Gasteiger partial charge in [0.2, 0.25) is 0 Å². The molecule has 10 N–H and O–H groups in total. The molecule has 0 aromatic rings.